The molecule has 3 rings (SSSR count). The fraction of sp³-hybridized carbons (Fsp3) is 0.150. The second-order valence-corrected chi connectivity index (χ2v) is 6.72. The zero-order valence-corrected chi connectivity index (χ0v) is 15.7. The molecule has 3 aromatic rings. The highest BCUT2D eigenvalue weighted by Crippen LogP contribution is 2.23. The number of aromatic nitrogens is 1. The number of benzene rings is 2. The third kappa shape index (κ3) is 4.98. The summed E-state index contributed by atoms with van der Waals surface area (Å²) in [4.78, 5) is 21.5. The van der Waals surface area contributed by atoms with Gasteiger partial charge >= 0.3 is 0 Å². The number of carbonyl (C=O) groups excluding carboxylic acids is 1. The van der Waals surface area contributed by atoms with Gasteiger partial charge in [0.25, 0.3) is 5.91 Å². The predicted molar refractivity (Wildman–Crippen MR) is 105 cm³/mol. The van der Waals surface area contributed by atoms with Crippen molar-refractivity contribution in [2.45, 2.75) is 13.8 Å². The van der Waals surface area contributed by atoms with Gasteiger partial charge in [0.15, 0.2) is 6.61 Å². The number of nitrogens with zero attached hydrogens (tertiary/aromatic N) is 2. The first-order valence-corrected chi connectivity index (χ1v) is 9.15. The number of thiazole rings is 1. The molecule has 1 heterocycles. The Hall–Kier alpha value is -3.06. The van der Waals surface area contributed by atoms with Gasteiger partial charge in [0.2, 0.25) is 0 Å². The van der Waals surface area contributed by atoms with Gasteiger partial charge in [-0.25, -0.2) is 9.37 Å². The molecule has 0 radical (unpaired) electrons. The normalized spacial score (nSPS) is 11.3. The summed E-state index contributed by atoms with van der Waals surface area (Å²) < 4.78 is 13.5. The molecule has 0 fully saturated rings. The van der Waals surface area contributed by atoms with Gasteiger partial charge < -0.3 is 10.2 Å². The van der Waals surface area contributed by atoms with Crippen molar-refractivity contribution in [1.29, 1.82) is 0 Å². The molecule has 0 spiro atoms. The lowest BCUT2D eigenvalue weighted by Gasteiger charge is -2.05. The fourth-order valence-corrected chi connectivity index (χ4v) is 3.13. The third-order valence-electron chi connectivity index (χ3n) is 3.75. The second kappa shape index (κ2) is 8.55. The van der Waals surface area contributed by atoms with Gasteiger partial charge in [0.1, 0.15) is 16.5 Å². The van der Waals surface area contributed by atoms with E-state index in [1.165, 1.54) is 17.4 Å². The fourth-order valence-electron chi connectivity index (χ4n) is 2.26. The summed E-state index contributed by atoms with van der Waals surface area (Å²) in [7, 11) is 0. The monoisotopic (exact) mass is 383 g/mol. The van der Waals surface area contributed by atoms with Gasteiger partial charge in [0, 0.05) is 16.6 Å². The van der Waals surface area contributed by atoms with E-state index in [9.17, 15) is 9.18 Å². The molecule has 0 atom stereocenters. The predicted octanol–water partition coefficient (Wildman–Crippen LogP) is 4.64. The van der Waals surface area contributed by atoms with E-state index in [4.69, 9.17) is 4.84 Å². The van der Waals surface area contributed by atoms with Crippen molar-refractivity contribution >= 4 is 28.6 Å². The largest absolute Gasteiger partial charge is 0.385 e. The van der Waals surface area contributed by atoms with Gasteiger partial charge in [-0.3, -0.25) is 4.79 Å². The number of aryl methyl sites for hydroxylation is 1. The Morgan fingerprint density at radius 2 is 2.04 bits per heavy atom. The maximum atomic E-state index is 13.5. The van der Waals surface area contributed by atoms with Crippen LogP contribution in [0, 0.1) is 12.7 Å². The van der Waals surface area contributed by atoms with E-state index in [2.05, 4.69) is 15.5 Å². The summed E-state index contributed by atoms with van der Waals surface area (Å²) in [6.45, 7) is 3.14. The van der Waals surface area contributed by atoms with Crippen LogP contribution in [0.1, 0.15) is 18.2 Å². The molecule has 5 nitrogen and oxygen atoms in total. The van der Waals surface area contributed by atoms with Crippen LogP contribution in [-0.2, 0) is 9.63 Å². The molecular weight excluding hydrogens is 365 g/mol. The van der Waals surface area contributed by atoms with Crippen LogP contribution in [0.4, 0.5) is 10.1 Å². The highest BCUT2D eigenvalue weighted by molar-refractivity contribution is 7.13. The van der Waals surface area contributed by atoms with Crippen molar-refractivity contribution in [3.63, 3.8) is 0 Å². The number of hydrogen-bond donors (Lipinski definition) is 1. The average molecular weight is 383 g/mol. The van der Waals surface area contributed by atoms with Crippen LogP contribution in [-0.4, -0.2) is 23.2 Å². The summed E-state index contributed by atoms with van der Waals surface area (Å²) in [5.41, 5.74) is 3.19. The Labute approximate surface area is 160 Å². The molecule has 1 amide bonds. The first kappa shape index (κ1) is 18.7. The van der Waals surface area contributed by atoms with Crippen LogP contribution in [0.3, 0.4) is 0 Å². The highest BCUT2D eigenvalue weighted by atomic mass is 32.1. The Morgan fingerprint density at radius 1 is 1.26 bits per heavy atom. The number of nitrogens with one attached hydrogen (secondary N) is 1. The maximum absolute atomic E-state index is 13.5. The third-order valence-corrected chi connectivity index (χ3v) is 4.64. The van der Waals surface area contributed by atoms with Crippen LogP contribution in [0.5, 0.6) is 0 Å². The van der Waals surface area contributed by atoms with E-state index in [1.54, 1.807) is 26.0 Å². The minimum atomic E-state index is -0.418. The number of carbonyl (C=O) groups is 1. The van der Waals surface area contributed by atoms with Crippen molar-refractivity contribution < 1.29 is 14.0 Å². The zero-order chi connectivity index (χ0) is 19.2. The van der Waals surface area contributed by atoms with Crippen molar-refractivity contribution in [2.75, 3.05) is 11.9 Å². The smallest absolute Gasteiger partial charge is 0.265 e. The molecule has 0 aliphatic rings. The van der Waals surface area contributed by atoms with Crippen molar-refractivity contribution in [1.82, 2.24) is 4.98 Å². The number of hydrogen-bond acceptors (Lipinski definition) is 5. The second-order valence-electron chi connectivity index (χ2n) is 5.87. The average Bonchev–Trinajstić information content (AvgIpc) is 3.16. The Kier molecular flexibility index (Phi) is 5.93. The highest BCUT2D eigenvalue weighted by Gasteiger charge is 2.08. The summed E-state index contributed by atoms with van der Waals surface area (Å²) in [6.07, 6.45) is 0. The van der Waals surface area contributed by atoms with Gasteiger partial charge in [-0.2, -0.15) is 0 Å². The van der Waals surface area contributed by atoms with E-state index in [0.29, 0.717) is 22.7 Å². The van der Waals surface area contributed by atoms with E-state index in [1.807, 2.05) is 35.7 Å². The minimum Gasteiger partial charge on any atom is -0.385 e. The van der Waals surface area contributed by atoms with Crippen LogP contribution >= 0.6 is 11.3 Å². The number of rotatable bonds is 6. The molecule has 0 saturated heterocycles. The van der Waals surface area contributed by atoms with Crippen LogP contribution in [0.15, 0.2) is 59.1 Å². The zero-order valence-electron chi connectivity index (χ0n) is 14.9. The molecule has 1 N–H and O–H groups in total. The maximum Gasteiger partial charge on any atom is 0.265 e. The van der Waals surface area contributed by atoms with Crippen LogP contribution in [0.25, 0.3) is 10.6 Å². The molecule has 2 aromatic carbocycles. The lowest BCUT2D eigenvalue weighted by Crippen LogP contribution is -2.17. The topological polar surface area (TPSA) is 63.6 Å². The van der Waals surface area contributed by atoms with E-state index >= 15 is 0 Å². The number of anilines is 1. The molecule has 0 aliphatic heterocycles. The van der Waals surface area contributed by atoms with Gasteiger partial charge in [-0.15, -0.1) is 11.3 Å². The van der Waals surface area contributed by atoms with Gasteiger partial charge in [-0.1, -0.05) is 41.6 Å². The van der Waals surface area contributed by atoms with E-state index in [0.717, 1.165) is 10.6 Å². The standard InChI is InChI=1S/C20H18FN3O2S/c1-13-8-9-16(10-17(13)21)22-19(25)11-26-24-14(2)18-12-27-20(23-18)15-6-4-3-5-7-15/h3-10,12H,11H2,1-2H3,(H,22,25)/b24-14+. The first-order valence-electron chi connectivity index (χ1n) is 8.27. The number of amides is 1. The van der Waals surface area contributed by atoms with Gasteiger partial charge in [0.05, 0.1) is 5.69 Å². The molecule has 0 bridgehead atoms. The minimum absolute atomic E-state index is 0.275. The number of oxime groups is 1. The molecule has 27 heavy (non-hydrogen) atoms. The van der Waals surface area contributed by atoms with Crippen LogP contribution in [0.2, 0.25) is 0 Å². The van der Waals surface area contributed by atoms with E-state index in [-0.39, 0.29) is 12.4 Å². The van der Waals surface area contributed by atoms with Crippen molar-refractivity contribution in [3.8, 4) is 10.6 Å². The number of halogens is 1. The van der Waals surface area contributed by atoms with Crippen LogP contribution < -0.4 is 5.32 Å². The molecule has 1 aromatic heterocycles. The van der Waals surface area contributed by atoms with E-state index < -0.39 is 5.91 Å². The lowest BCUT2D eigenvalue weighted by atomic mass is 10.2. The lowest BCUT2D eigenvalue weighted by molar-refractivity contribution is -0.120. The summed E-state index contributed by atoms with van der Waals surface area (Å²) >= 11 is 1.51. The first-order chi connectivity index (χ1) is 13.0. The molecule has 0 unspecified atom stereocenters. The Morgan fingerprint density at radius 3 is 2.78 bits per heavy atom. The molecule has 7 heteroatoms. The molecule has 138 valence electrons. The molecule has 0 aliphatic carbocycles. The summed E-state index contributed by atoms with van der Waals surface area (Å²) in [5.74, 6) is -0.793. The van der Waals surface area contributed by atoms with Crippen molar-refractivity contribution in [3.05, 3.63) is 71.0 Å². The summed E-state index contributed by atoms with van der Waals surface area (Å²) in [6, 6.07) is 14.3. The van der Waals surface area contributed by atoms with Gasteiger partial charge in [-0.05, 0) is 31.5 Å². The molecular formula is C20H18FN3O2S. The molecule has 0 saturated carbocycles. The quantitative estimate of drug-likeness (QED) is 0.498. The summed E-state index contributed by atoms with van der Waals surface area (Å²) in [5, 5.41) is 9.28. The Balaban J connectivity index is 1.55. The SMILES string of the molecule is C/C(=N\OCC(=O)Nc1ccc(C)c(F)c1)c1csc(-c2ccccc2)n1. The Bertz CT molecular complexity index is 970. The van der Waals surface area contributed by atoms with Crippen molar-refractivity contribution in [2.24, 2.45) is 5.16 Å².